The van der Waals surface area contributed by atoms with Crippen molar-refractivity contribution in [3.8, 4) is 0 Å². The third-order valence-corrected chi connectivity index (χ3v) is 8.28. The standard InChI is InChI=1S/C23H26N4O4S/c1-2-25-11-13-26(14-12-25)20-6-4-3-5-19(20)24-22(28)16-7-10-18-21(15-16)32(30,31)27(23(18)29)17-8-9-17/h3-7,10,15,17H,2,8-9,11-14H2,1H3,(H,24,28). The van der Waals surface area contributed by atoms with Gasteiger partial charge in [0.2, 0.25) is 0 Å². The number of carbonyl (C=O) groups excluding carboxylic acids is 2. The Labute approximate surface area is 187 Å². The molecule has 2 fully saturated rings. The van der Waals surface area contributed by atoms with Crippen molar-refractivity contribution in [2.75, 3.05) is 42.9 Å². The summed E-state index contributed by atoms with van der Waals surface area (Å²) < 4.78 is 26.7. The summed E-state index contributed by atoms with van der Waals surface area (Å²) >= 11 is 0. The number of hydrogen-bond donors (Lipinski definition) is 1. The number of amides is 2. The maximum absolute atomic E-state index is 13.0. The van der Waals surface area contributed by atoms with Gasteiger partial charge in [-0.1, -0.05) is 19.1 Å². The Morgan fingerprint density at radius 3 is 2.47 bits per heavy atom. The molecule has 0 spiro atoms. The fourth-order valence-electron chi connectivity index (χ4n) is 4.41. The molecule has 0 unspecified atom stereocenters. The fraction of sp³-hybridized carbons (Fsp3) is 0.391. The monoisotopic (exact) mass is 454 g/mol. The Hall–Kier alpha value is -2.91. The van der Waals surface area contributed by atoms with Crippen molar-refractivity contribution >= 4 is 33.2 Å². The van der Waals surface area contributed by atoms with E-state index in [1.54, 1.807) is 0 Å². The highest BCUT2D eigenvalue weighted by atomic mass is 32.2. The van der Waals surface area contributed by atoms with Crippen molar-refractivity contribution in [3.63, 3.8) is 0 Å². The number of nitrogens with zero attached hydrogens (tertiary/aromatic N) is 3. The van der Waals surface area contributed by atoms with Crippen LogP contribution in [0, 0.1) is 0 Å². The number of sulfonamides is 1. The largest absolute Gasteiger partial charge is 0.367 e. The molecule has 2 aromatic carbocycles. The molecule has 1 N–H and O–H groups in total. The van der Waals surface area contributed by atoms with E-state index in [9.17, 15) is 18.0 Å². The zero-order valence-corrected chi connectivity index (χ0v) is 18.8. The van der Waals surface area contributed by atoms with Gasteiger partial charge in [0.15, 0.2) is 0 Å². The van der Waals surface area contributed by atoms with Crippen LogP contribution in [0.25, 0.3) is 0 Å². The summed E-state index contributed by atoms with van der Waals surface area (Å²) in [5.74, 6) is -0.897. The van der Waals surface area contributed by atoms with Crippen LogP contribution in [0.2, 0.25) is 0 Å². The molecule has 1 saturated heterocycles. The lowest BCUT2D eigenvalue weighted by atomic mass is 10.1. The molecule has 2 heterocycles. The summed E-state index contributed by atoms with van der Waals surface area (Å²) in [5, 5.41) is 2.94. The van der Waals surface area contributed by atoms with E-state index in [0.717, 1.165) is 42.7 Å². The number of fused-ring (bicyclic) bond motifs is 1. The molecular formula is C23H26N4O4S. The Morgan fingerprint density at radius 1 is 1.06 bits per heavy atom. The summed E-state index contributed by atoms with van der Waals surface area (Å²) in [4.78, 5) is 30.2. The third kappa shape index (κ3) is 3.55. The smallest absolute Gasteiger partial charge is 0.269 e. The topological polar surface area (TPSA) is 90.0 Å². The fourth-order valence-corrected chi connectivity index (χ4v) is 6.25. The molecule has 2 aromatic rings. The SMILES string of the molecule is CCN1CCN(c2ccccc2NC(=O)c2ccc3c(c2)S(=O)(=O)N(C2CC2)C3=O)CC1. The van der Waals surface area contributed by atoms with Crippen LogP contribution >= 0.6 is 0 Å². The van der Waals surface area contributed by atoms with E-state index in [4.69, 9.17) is 0 Å². The number of rotatable bonds is 5. The number of nitrogens with one attached hydrogen (secondary N) is 1. The normalized spacial score (nSPS) is 20.3. The summed E-state index contributed by atoms with van der Waals surface area (Å²) in [6.07, 6.45) is 1.38. The van der Waals surface area contributed by atoms with Crippen molar-refractivity contribution in [2.24, 2.45) is 0 Å². The summed E-state index contributed by atoms with van der Waals surface area (Å²) in [6.45, 7) is 6.85. The minimum atomic E-state index is -3.90. The molecule has 0 bridgehead atoms. The zero-order chi connectivity index (χ0) is 22.5. The van der Waals surface area contributed by atoms with Gasteiger partial charge in [0, 0.05) is 37.8 Å². The second-order valence-corrected chi connectivity index (χ2v) is 10.2. The van der Waals surface area contributed by atoms with E-state index in [2.05, 4.69) is 22.0 Å². The van der Waals surface area contributed by atoms with Crippen LogP contribution in [0.15, 0.2) is 47.4 Å². The van der Waals surface area contributed by atoms with E-state index in [1.165, 1.54) is 18.2 Å². The lowest BCUT2D eigenvalue weighted by Gasteiger charge is -2.36. The van der Waals surface area contributed by atoms with E-state index in [-0.39, 0.29) is 22.1 Å². The predicted octanol–water partition coefficient (Wildman–Crippen LogP) is 2.39. The molecule has 1 aliphatic carbocycles. The number of likely N-dealkylation sites (N-methyl/N-ethyl adjacent to an activating group) is 1. The van der Waals surface area contributed by atoms with Crippen LogP contribution in [0.1, 0.15) is 40.5 Å². The minimum absolute atomic E-state index is 0.0778. The lowest BCUT2D eigenvalue weighted by molar-refractivity contribution is 0.0864. The number of benzene rings is 2. The first-order chi connectivity index (χ1) is 15.4. The van der Waals surface area contributed by atoms with Gasteiger partial charge in [-0.25, -0.2) is 12.7 Å². The van der Waals surface area contributed by atoms with Crippen LogP contribution in [0.3, 0.4) is 0 Å². The van der Waals surface area contributed by atoms with Gasteiger partial charge in [-0.3, -0.25) is 9.59 Å². The Balaban J connectivity index is 1.39. The van der Waals surface area contributed by atoms with Crippen molar-refractivity contribution in [3.05, 3.63) is 53.6 Å². The molecule has 32 heavy (non-hydrogen) atoms. The molecule has 0 radical (unpaired) electrons. The van der Waals surface area contributed by atoms with Gasteiger partial charge in [0.1, 0.15) is 4.90 Å². The number of carbonyl (C=O) groups is 2. The average molecular weight is 455 g/mol. The Morgan fingerprint density at radius 2 is 1.78 bits per heavy atom. The molecule has 3 aliphatic rings. The maximum Gasteiger partial charge on any atom is 0.269 e. The highest BCUT2D eigenvalue weighted by Crippen LogP contribution is 2.39. The first-order valence-electron chi connectivity index (χ1n) is 11.0. The van der Waals surface area contributed by atoms with Gasteiger partial charge >= 0.3 is 0 Å². The van der Waals surface area contributed by atoms with Crippen molar-refractivity contribution in [1.29, 1.82) is 0 Å². The lowest BCUT2D eigenvalue weighted by Crippen LogP contribution is -2.46. The van der Waals surface area contributed by atoms with Gasteiger partial charge in [-0.2, -0.15) is 0 Å². The van der Waals surface area contributed by atoms with E-state index < -0.39 is 21.8 Å². The summed E-state index contributed by atoms with van der Waals surface area (Å²) in [7, 11) is -3.90. The number of piperazine rings is 1. The average Bonchev–Trinajstić information content (AvgIpc) is 3.61. The van der Waals surface area contributed by atoms with Crippen LogP contribution in [0.4, 0.5) is 11.4 Å². The highest BCUT2D eigenvalue weighted by Gasteiger charge is 2.48. The Bertz CT molecular complexity index is 1180. The van der Waals surface area contributed by atoms with Crippen molar-refractivity contribution < 1.29 is 18.0 Å². The van der Waals surface area contributed by atoms with Gasteiger partial charge in [0.05, 0.1) is 16.9 Å². The molecule has 168 valence electrons. The molecular weight excluding hydrogens is 428 g/mol. The number of para-hydroxylation sites is 2. The van der Waals surface area contributed by atoms with Gasteiger partial charge in [-0.05, 0) is 49.7 Å². The predicted molar refractivity (Wildman–Crippen MR) is 122 cm³/mol. The molecule has 0 aromatic heterocycles. The first-order valence-corrected chi connectivity index (χ1v) is 12.4. The van der Waals surface area contributed by atoms with Gasteiger partial charge < -0.3 is 15.1 Å². The molecule has 8 nitrogen and oxygen atoms in total. The van der Waals surface area contributed by atoms with Gasteiger partial charge in [0.25, 0.3) is 21.8 Å². The number of anilines is 2. The van der Waals surface area contributed by atoms with E-state index in [0.29, 0.717) is 18.5 Å². The highest BCUT2D eigenvalue weighted by molar-refractivity contribution is 7.90. The second-order valence-electron chi connectivity index (χ2n) is 8.44. The molecule has 9 heteroatoms. The molecule has 2 amide bonds. The summed E-state index contributed by atoms with van der Waals surface area (Å²) in [5.41, 5.74) is 1.98. The van der Waals surface area contributed by atoms with Crippen molar-refractivity contribution in [2.45, 2.75) is 30.7 Å². The molecule has 1 saturated carbocycles. The number of hydrogen-bond acceptors (Lipinski definition) is 6. The first kappa shape index (κ1) is 21.0. The maximum atomic E-state index is 13.0. The third-order valence-electron chi connectivity index (χ3n) is 6.40. The Kier molecular flexibility index (Phi) is 5.17. The van der Waals surface area contributed by atoms with E-state index in [1.807, 2.05) is 24.3 Å². The summed E-state index contributed by atoms with van der Waals surface area (Å²) in [6, 6.07) is 11.7. The van der Waals surface area contributed by atoms with Crippen LogP contribution in [-0.2, 0) is 10.0 Å². The van der Waals surface area contributed by atoms with Gasteiger partial charge in [-0.15, -0.1) is 0 Å². The quantitative estimate of drug-likeness (QED) is 0.746. The molecule has 2 aliphatic heterocycles. The second kappa shape index (κ2) is 7.90. The molecule has 0 atom stereocenters. The van der Waals surface area contributed by atoms with Crippen LogP contribution in [0.5, 0.6) is 0 Å². The van der Waals surface area contributed by atoms with Crippen molar-refractivity contribution in [1.82, 2.24) is 9.21 Å². The zero-order valence-electron chi connectivity index (χ0n) is 18.0. The molecule has 5 rings (SSSR count). The minimum Gasteiger partial charge on any atom is -0.367 e. The van der Waals surface area contributed by atoms with Crippen LogP contribution < -0.4 is 10.2 Å². The van der Waals surface area contributed by atoms with Crippen LogP contribution in [-0.4, -0.2) is 68.2 Å². The van der Waals surface area contributed by atoms with E-state index >= 15 is 0 Å².